The fourth-order valence-electron chi connectivity index (χ4n) is 2.55. The summed E-state index contributed by atoms with van der Waals surface area (Å²) in [7, 11) is 1.82. The fourth-order valence-corrected chi connectivity index (χ4v) is 2.55. The Hall–Kier alpha value is -0.500. The van der Waals surface area contributed by atoms with Crippen LogP contribution >= 0.6 is 0 Å². The molecule has 0 radical (unpaired) electrons. The van der Waals surface area contributed by atoms with E-state index in [4.69, 9.17) is 9.47 Å². The Morgan fingerprint density at radius 1 is 1.00 bits per heavy atom. The van der Waals surface area contributed by atoms with Gasteiger partial charge in [-0.15, -0.1) is 0 Å². The molecule has 0 saturated carbocycles. The van der Waals surface area contributed by atoms with E-state index < -0.39 is 0 Å². The molecule has 0 bridgehead atoms. The molecule has 0 aliphatic rings. The van der Waals surface area contributed by atoms with Gasteiger partial charge in [-0.2, -0.15) is 0 Å². The van der Waals surface area contributed by atoms with Gasteiger partial charge in [0, 0.05) is 7.11 Å². The third kappa shape index (κ3) is 9.41. The van der Waals surface area contributed by atoms with Crippen molar-refractivity contribution in [2.75, 3.05) is 13.7 Å². The predicted molar refractivity (Wildman–Crippen MR) is 88.0 cm³/mol. The summed E-state index contributed by atoms with van der Waals surface area (Å²) >= 11 is 0. The lowest BCUT2D eigenvalue weighted by Gasteiger charge is -2.33. The minimum atomic E-state index is -0.0529. The number of hydrogen-bond donors (Lipinski definition) is 0. The summed E-state index contributed by atoms with van der Waals surface area (Å²) in [6.45, 7) is 9.43. The average molecular weight is 284 g/mol. The first kappa shape index (κ1) is 19.5. The average Bonchev–Trinajstić information content (AvgIpc) is 2.44. The molecule has 0 amide bonds. The molecular weight excluding hydrogens is 248 g/mol. The Morgan fingerprint density at radius 3 is 2.25 bits per heavy atom. The van der Waals surface area contributed by atoms with Gasteiger partial charge in [0.15, 0.2) is 0 Å². The molecule has 0 rings (SSSR count). The monoisotopic (exact) mass is 284 g/mol. The lowest BCUT2D eigenvalue weighted by molar-refractivity contribution is -0.0394. The molecule has 0 N–H and O–H groups in total. The second-order valence-corrected chi connectivity index (χ2v) is 6.19. The zero-order valence-corrected chi connectivity index (χ0v) is 14.4. The maximum atomic E-state index is 5.68. The Balaban J connectivity index is 3.99. The second-order valence-electron chi connectivity index (χ2n) is 6.19. The van der Waals surface area contributed by atoms with E-state index in [1.54, 1.807) is 6.26 Å². The topological polar surface area (TPSA) is 18.5 Å². The van der Waals surface area contributed by atoms with Gasteiger partial charge in [0.25, 0.3) is 0 Å². The lowest BCUT2D eigenvalue weighted by Crippen LogP contribution is -2.34. The molecule has 0 aliphatic heterocycles. The minimum absolute atomic E-state index is 0.0529. The summed E-state index contributed by atoms with van der Waals surface area (Å²) in [6.07, 6.45) is 14.2. The minimum Gasteiger partial charge on any atom is -0.502 e. The molecule has 0 heterocycles. The summed E-state index contributed by atoms with van der Waals surface area (Å²) < 4.78 is 11.2. The Labute approximate surface area is 126 Å². The van der Waals surface area contributed by atoms with Crippen molar-refractivity contribution in [2.45, 2.75) is 84.7 Å². The van der Waals surface area contributed by atoms with Gasteiger partial charge in [0.05, 0.1) is 18.5 Å². The standard InChI is InChI=1S/C18H36O2/c1-6-8-9-10-11-12-13-17(18(3,4)19-5)14-16-20-15-7-2/h7,15,17H,6,8-14,16H2,1-5H3. The van der Waals surface area contributed by atoms with Crippen LogP contribution in [0.3, 0.4) is 0 Å². The van der Waals surface area contributed by atoms with Crippen molar-refractivity contribution in [3.63, 3.8) is 0 Å². The van der Waals surface area contributed by atoms with Crippen molar-refractivity contribution in [3.8, 4) is 0 Å². The molecule has 20 heavy (non-hydrogen) atoms. The van der Waals surface area contributed by atoms with Gasteiger partial charge in [0.1, 0.15) is 0 Å². The molecule has 120 valence electrons. The second kappa shape index (κ2) is 12.3. The molecule has 1 atom stereocenters. The predicted octanol–water partition coefficient (Wildman–Crippen LogP) is 5.72. The highest BCUT2D eigenvalue weighted by molar-refractivity contribution is 4.79. The highest BCUT2D eigenvalue weighted by Gasteiger charge is 2.28. The molecule has 0 fully saturated rings. The molecule has 1 unspecified atom stereocenters. The SMILES string of the molecule is CC=COCCC(CCCCCCCC)C(C)(C)OC. The van der Waals surface area contributed by atoms with Crippen LogP contribution in [0, 0.1) is 5.92 Å². The number of hydrogen-bond acceptors (Lipinski definition) is 2. The summed E-state index contributed by atoms with van der Waals surface area (Å²) in [5.41, 5.74) is -0.0529. The lowest BCUT2D eigenvalue weighted by atomic mass is 9.84. The molecule has 2 heteroatoms. The molecule has 0 aliphatic carbocycles. The van der Waals surface area contributed by atoms with Gasteiger partial charge in [0.2, 0.25) is 0 Å². The van der Waals surface area contributed by atoms with Crippen molar-refractivity contribution in [1.82, 2.24) is 0 Å². The third-order valence-electron chi connectivity index (χ3n) is 4.23. The number of rotatable bonds is 13. The quantitative estimate of drug-likeness (QED) is 0.318. The van der Waals surface area contributed by atoms with E-state index in [9.17, 15) is 0 Å². The van der Waals surface area contributed by atoms with E-state index in [1.165, 1.54) is 44.9 Å². The van der Waals surface area contributed by atoms with Crippen molar-refractivity contribution in [3.05, 3.63) is 12.3 Å². The van der Waals surface area contributed by atoms with Gasteiger partial charge in [-0.05, 0) is 39.5 Å². The van der Waals surface area contributed by atoms with Gasteiger partial charge in [-0.1, -0.05) is 51.5 Å². The van der Waals surface area contributed by atoms with Crippen LogP contribution < -0.4 is 0 Å². The first-order valence-electron chi connectivity index (χ1n) is 8.36. The van der Waals surface area contributed by atoms with E-state index in [0.717, 1.165) is 13.0 Å². The Morgan fingerprint density at radius 2 is 1.65 bits per heavy atom. The Kier molecular flexibility index (Phi) is 12.0. The summed E-state index contributed by atoms with van der Waals surface area (Å²) in [4.78, 5) is 0. The van der Waals surface area contributed by atoms with Crippen molar-refractivity contribution in [1.29, 1.82) is 0 Å². The largest absolute Gasteiger partial charge is 0.502 e. The van der Waals surface area contributed by atoms with E-state index in [-0.39, 0.29) is 5.60 Å². The van der Waals surface area contributed by atoms with Crippen molar-refractivity contribution >= 4 is 0 Å². The van der Waals surface area contributed by atoms with E-state index in [1.807, 2.05) is 20.1 Å². The Bertz CT molecular complexity index is 234. The van der Waals surface area contributed by atoms with Crippen LogP contribution in [-0.2, 0) is 9.47 Å². The summed E-state index contributed by atoms with van der Waals surface area (Å²) in [6, 6.07) is 0. The molecule has 0 spiro atoms. The molecule has 0 aromatic heterocycles. The van der Waals surface area contributed by atoms with Gasteiger partial charge in [-0.25, -0.2) is 0 Å². The maximum Gasteiger partial charge on any atom is 0.0876 e. The fraction of sp³-hybridized carbons (Fsp3) is 0.889. The van der Waals surface area contributed by atoms with Crippen LogP contribution in [0.25, 0.3) is 0 Å². The van der Waals surface area contributed by atoms with Gasteiger partial charge >= 0.3 is 0 Å². The molecule has 2 nitrogen and oxygen atoms in total. The van der Waals surface area contributed by atoms with Crippen LogP contribution in [0.2, 0.25) is 0 Å². The van der Waals surface area contributed by atoms with Gasteiger partial charge in [-0.3, -0.25) is 0 Å². The number of methoxy groups -OCH3 is 1. The zero-order valence-electron chi connectivity index (χ0n) is 14.4. The van der Waals surface area contributed by atoms with Crippen LogP contribution in [0.4, 0.5) is 0 Å². The van der Waals surface area contributed by atoms with Crippen LogP contribution in [0.1, 0.15) is 79.1 Å². The third-order valence-corrected chi connectivity index (χ3v) is 4.23. The van der Waals surface area contributed by atoms with Gasteiger partial charge < -0.3 is 9.47 Å². The smallest absolute Gasteiger partial charge is 0.0876 e. The molecule has 0 aromatic carbocycles. The highest BCUT2D eigenvalue weighted by atomic mass is 16.5. The van der Waals surface area contributed by atoms with Crippen LogP contribution in [0.15, 0.2) is 12.3 Å². The van der Waals surface area contributed by atoms with Crippen molar-refractivity contribution < 1.29 is 9.47 Å². The number of unbranched alkanes of at least 4 members (excludes halogenated alkanes) is 5. The molecular formula is C18H36O2. The van der Waals surface area contributed by atoms with Crippen LogP contribution in [-0.4, -0.2) is 19.3 Å². The molecule has 0 aromatic rings. The molecule has 0 saturated heterocycles. The number of ether oxygens (including phenoxy) is 2. The maximum absolute atomic E-state index is 5.68. The van der Waals surface area contributed by atoms with E-state index in [2.05, 4.69) is 20.8 Å². The van der Waals surface area contributed by atoms with E-state index >= 15 is 0 Å². The first-order chi connectivity index (χ1) is 9.58. The van der Waals surface area contributed by atoms with Crippen LogP contribution in [0.5, 0.6) is 0 Å². The normalized spacial score (nSPS) is 13.8. The zero-order chi connectivity index (χ0) is 15.3. The summed E-state index contributed by atoms with van der Waals surface area (Å²) in [5, 5.41) is 0. The highest BCUT2D eigenvalue weighted by Crippen LogP contribution is 2.29. The van der Waals surface area contributed by atoms with E-state index in [0.29, 0.717) is 5.92 Å². The summed E-state index contributed by atoms with van der Waals surface area (Å²) in [5.74, 6) is 0.573. The van der Waals surface area contributed by atoms with Crippen molar-refractivity contribution in [2.24, 2.45) is 5.92 Å². The number of allylic oxidation sites excluding steroid dienone is 1. The first-order valence-corrected chi connectivity index (χ1v) is 8.36.